The van der Waals surface area contributed by atoms with Gasteiger partial charge in [-0.05, 0) is 43.7 Å². The number of furan rings is 1. The number of carbonyl (C=O) groups is 2. The molecule has 0 spiro atoms. The highest BCUT2D eigenvalue weighted by Gasteiger charge is 2.26. The molecule has 1 aromatic heterocycles. The quantitative estimate of drug-likeness (QED) is 0.694. The monoisotopic (exact) mass is 324 g/mol. The smallest absolute Gasteiger partial charge is 0.363 e. The van der Waals surface area contributed by atoms with Crippen LogP contribution in [0.5, 0.6) is 0 Å². The van der Waals surface area contributed by atoms with Gasteiger partial charge in [-0.2, -0.15) is 0 Å². The number of cyclic esters (lactones) is 1. The molecule has 0 fully saturated rings. The molecule has 2 aromatic rings. The Balaban J connectivity index is 1.86. The van der Waals surface area contributed by atoms with Gasteiger partial charge in [-0.3, -0.25) is 4.79 Å². The summed E-state index contributed by atoms with van der Waals surface area (Å²) in [6, 6.07) is 8.86. The molecule has 6 nitrogen and oxygen atoms in total. The van der Waals surface area contributed by atoms with Crippen molar-refractivity contribution >= 4 is 29.5 Å². The van der Waals surface area contributed by atoms with Crippen molar-refractivity contribution in [3.63, 3.8) is 0 Å². The van der Waals surface area contributed by atoms with E-state index in [0.717, 1.165) is 11.3 Å². The minimum Gasteiger partial charge on any atom is -0.466 e. The molecular formula is C18H16N2O4. The van der Waals surface area contributed by atoms with Gasteiger partial charge in [-0.15, -0.1) is 0 Å². The lowest BCUT2D eigenvalue weighted by molar-refractivity contribution is -0.129. The molecule has 1 aromatic carbocycles. The summed E-state index contributed by atoms with van der Waals surface area (Å²) < 4.78 is 10.7. The number of ether oxygens (including phenoxy) is 1. The van der Waals surface area contributed by atoms with Gasteiger partial charge in [0.15, 0.2) is 5.70 Å². The minimum atomic E-state index is -0.505. The number of hydrogen-bond acceptors (Lipinski definition) is 5. The van der Waals surface area contributed by atoms with Crippen LogP contribution in [0.3, 0.4) is 0 Å². The number of carbonyl (C=O) groups excluding carboxylic acids is 2. The molecule has 0 bridgehead atoms. The molecule has 0 saturated heterocycles. The van der Waals surface area contributed by atoms with Crippen LogP contribution in [0.25, 0.3) is 6.08 Å². The Kier molecular flexibility index (Phi) is 4.04. The van der Waals surface area contributed by atoms with Crippen LogP contribution < -0.4 is 5.32 Å². The third-order valence-electron chi connectivity index (χ3n) is 3.43. The largest absolute Gasteiger partial charge is 0.466 e. The topological polar surface area (TPSA) is 80.9 Å². The van der Waals surface area contributed by atoms with Crippen LogP contribution in [0.15, 0.2) is 45.4 Å². The van der Waals surface area contributed by atoms with E-state index in [0.29, 0.717) is 17.0 Å². The Bertz CT molecular complexity index is 873. The first kappa shape index (κ1) is 15.7. The van der Waals surface area contributed by atoms with Gasteiger partial charge in [-0.25, -0.2) is 9.79 Å². The fourth-order valence-corrected chi connectivity index (χ4v) is 2.39. The Morgan fingerprint density at radius 1 is 1.21 bits per heavy atom. The number of esters is 1. The third-order valence-corrected chi connectivity index (χ3v) is 3.43. The maximum absolute atomic E-state index is 12.0. The number of aryl methyl sites for hydroxylation is 2. The molecule has 0 radical (unpaired) electrons. The number of nitrogens with zero attached hydrogens (tertiary/aromatic N) is 1. The van der Waals surface area contributed by atoms with Gasteiger partial charge < -0.3 is 14.5 Å². The second kappa shape index (κ2) is 6.16. The Morgan fingerprint density at radius 3 is 2.50 bits per heavy atom. The van der Waals surface area contributed by atoms with Gasteiger partial charge in [0.1, 0.15) is 11.5 Å². The van der Waals surface area contributed by atoms with Crippen LogP contribution >= 0.6 is 0 Å². The van der Waals surface area contributed by atoms with Crippen molar-refractivity contribution < 1.29 is 18.7 Å². The lowest BCUT2D eigenvalue weighted by atomic mass is 10.1. The van der Waals surface area contributed by atoms with E-state index in [2.05, 4.69) is 10.3 Å². The van der Waals surface area contributed by atoms with Gasteiger partial charge in [-0.1, -0.05) is 12.1 Å². The van der Waals surface area contributed by atoms with E-state index in [1.165, 1.54) is 6.92 Å². The van der Waals surface area contributed by atoms with Crippen LogP contribution in [-0.4, -0.2) is 17.8 Å². The van der Waals surface area contributed by atoms with Crippen LogP contribution in [0, 0.1) is 13.8 Å². The first-order chi connectivity index (χ1) is 11.4. The summed E-state index contributed by atoms with van der Waals surface area (Å²) in [7, 11) is 0. The van der Waals surface area contributed by atoms with Crippen LogP contribution in [-0.2, 0) is 14.3 Å². The fourth-order valence-electron chi connectivity index (χ4n) is 2.39. The summed E-state index contributed by atoms with van der Waals surface area (Å²) in [6.45, 7) is 5.06. The lowest BCUT2D eigenvalue weighted by Gasteiger charge is -2.01. The summed E-state index contributed by atoms with van der Waals surface area (Å²) >= 11 is 0. The van der Waals surface area contributed by atoms with E-state index in [1.54, 1.807) is 43.3 Å². The molecule has 2 heterocycles. The van der Waals surface area contributed by atoms with Crippen LogP contribution in [0.1, 0.15) is 29.6 Å². The molecule has 0 saturated carbocycles. The molecule has 3 rings (SSSR count). The molecular weight excluding hydrogens is 308 g/mol. The Labute approximate surface area is 138 Å². The maximum atomic E-state index is 12.0. The first-order valence-corrected chi connectivity index (χ1v) is 7.40. The molecule has 1 aliphatic heterocycles. The fraction of sp³-hybridized carbons (Fsp3) is 0.167. The predicted octanol–water partition coefficient (Wildman–Crippen LogP) is 3.20. The van der Waals surface area contributed by atoms with Crippen LogP contribution in [0.2, 0.25) is 0 Å². The number of hydrogen-bond donors (Lipinski definition) is 1. The summed E-state index contributed by atoms with van der Waals surface area (Å²) in [5.41, 5.74) is 2.36. The van der Waals surface area contributed by atoms with Gasteiger partial charge in [0.25, 0.3) is 0 Å². The van der Waals surface area contributed by atoms with Crippen molar-refractivity contribution in [2.24, 2.45) is 4.99 Å². The Morgan fingerprint density at radius 2 is 1.92 bits per heavy atom. The highest BCUT2D eigenvalue weighted by Crippen LogP contribution is 2.23. The number of amides is 1. The van der Waals surface area contributed by atoms with E-state index in [-0.39, 0.29) is 17.5 Å². The maximum Gasteiger partial charge on any atom is 0.363 e. The van der Waals surface area contributed by atoms with Crippen LogP contribution in [0.4, 0.5) is 5.69 Å². The predicted molar refractivity (Wildman–Crippen MR) is 89.5 cm³/mol. The van der Waals surface area contributed by atoms with E-state index in [4.69, 9.17) is 9.15 Å². The van der Waals surface area contributed by atoms with Gasteiger partial charge >= 0.3 is 5.97 Å². The average Bonchev–Trinajstić information content (AvgIpc) is 3.03. The second-order valence-corrected chi connectivity index (χ2v) is 5.47. The molecule has 1 amide bonds. The second-order valence-electron chi connectivity index (χ2n) is 5.47. The van der Waals surface area contributed by atoms with Crippen molar-refractivity contribution in [1.82, 2.24) is 0 Å². The normalized spacial score (nSPS) is 15.4. The van der Waals surface area contributed by atoms with E-state index < -0.39 is 5.97 Å². The molecule has 0 aliphatic carbocycles. The molecule has 122 valence electrons. The number of nitrogens with one attached hydrogen (secondary N) is 1. The number of aliphatic imine (C=N–C) groups is 1. The van der Waals surface area contributed by atoms with Gasteiger partial charge in [0.2, 0.25) is 11.8 Å². The Hall–Kier alpha value is -3.15. The standard InChI is InChI=1S/C18H16N2O4/c1-10-8-15(11(2)23-10)17-20-16(18(22)24-17)9-13-4-6-14(7-5-13)19-12(3)21/h4-9H,1-3H3,(H,19,21)/b16-9+. The molecule has 1 aliphatic rings. The van der Waals surface area contributed by atoms with E-state index >= 15 is 0 Å². The highest BCUT2D eigenvalue weighted by molar-refractivity contribution is 6.13. The van der Waals surface area contributed by atoms with Crippen molar-refractivity contribution in [1.29, 1.82) is 0 Å². The number of rotatable bonds is 3. The zero-order valence-electron chi connectivity index (χ0n) is 13.5. The molecule has 6 heteroatoms. The number of anilines is 1. The lowest BCUT2D eigenvalue weighted by Crippen LogP contribution is -2.05. The zero-order chi connectivity index (χ0) is 17.3. The van der Waals surface area contributed by atoms with Crippen molar-refractivity contribution in [2.75, 3.05) is 5.32 Å². The molecule has 24 heavy (non-hydrogen) atoms. The molecule has 0 unspecified atom stereocenters. The SMILES string of the molecule is CC(=O)Nc1ccc(/C=C2/N=C(c3cc(C)oc3C)OC2=O)cc1. The van der Waals surface area contributed by atoms with E-state index in [9.17, 15) is 9.59 Å². The van der Waals surface area contributed by atoms with Crippen molar-refractivity contribution in [3.05, 3.63) is 58.7 Å². The summed E-state index contributed by atoms with van der Waals surface area (Å²) in [5, 5.41) is 2.68. The van der Waals surface area contributed by atoms with E-state index in [1.807, 2.05) is 6.92 Å². The van der Waals surface area contributed by atoms with Crippen molar-refractivity contribution in [3.8, 4) is 0 Å². The highest BCUT2D eigenvalue weighted by atomic mass is 16.6. The first-order valence-electron chi connectivity index (χ1n) is 7.40. The van der Waals surface area contributed by atoms with Gasteiger partial charge in [0, 0.05) is 12.6 Å². The summed E-state index contributed by atoms with van der Waals surface area (Å²) in [5.74, 6) is 0.984. The average molecular weight is 324 g/mol. The van der Waals surface area contributed by atoms with Crippen molar-refractivity contribution in [2.45, 2.75) is 20.8 Å². The third kappa shape index (κ3) is 3.27. The zero-order valence-corrected chi connectivity index (χ0v) is 13.5. The number of benzene rings is 1. The summed E-state index contributed by atoms with van der Waals surface area (Å²) in [6.07, 6.45) is 1.63. The molecule has 0 atom stereocenters. The summed E-state index contributed by atoms with van der Waals surface area (Å²) in [4.78, 5) is 27.3. The van der Waals surface area contributed by atoms with Gasteiger partial charge in [0.05, 0.1) is 5.56 Å². The molecule has 1 N–H and O–H groups in total. The minimum absolute atomic E-state index is 0.138.